The van der Waals surface area contributed by atoms with Gasteiger partial charge in [0.1, 0.15) is 5.75 Å². The van der Waals surface area contributed by atoms with E-state index in [2.05, 4.69) is 11.0 Å². The molecule has 4 nitrogen and oxygen atoms in total. The van der Waals surface area contributed by atoms with E-state index in [1.807, 2.05) is 25.1 Å². The molecule has 0 spiro atoms. The molecule has 0 radical (unpaired) electrons. The summed E-state index contributed by atoms with van der Waals surface area (Å²) in [7, 11) is 0. The molecular formula is C16H22N2O2. The van der Waals surface area contributed by atoms with Crippen LogP contribution in [-0.2, 0) is 13.2 Å². The third-order valence-electron chi connectivity index (χ3n) is 3.69. The molecule has 108 valence electrons. The van der Waals surface area contributed by atoms with Crippen molar-refractivity contribution in [1.82, 2.24) is 4.90 Å². The van der Waals surface area contributed by atoms with Crippen molar-refractivity contribution in [2.24, 2.45) is 5.92 Å². The van der Waals surface area contributed by atoms with Gasteiger partial charge < -0.3 is 9.84 Å². The van der Waals surface area contributed by atoms with Crippen LogP contribution in [0.5, 0.6) is 5.75 Å². The normalized spacial score (nSPS) is 19.6. The van der Waals surface area contributed by atoms with Gasteiger partial charge in [-0.2, -0.15) is 5.26 Å². The molecule has 1 fully saturated rings. The molecule has 2 rings (SSSR count). The van der Waals surface area contributed by atoms with Gasteiger partial charge in [-0.05, 0) is 44.0 Å². The molecule has 20 heavy (non-hydrogen) atoms. The first-order valence-corrected chi connectivity index (χ1v) is 7.24. The Bertz CT molecular complexity index is 482. The number of nitrogens with zero attached hydrogens (tertiary/aromatic N) is 2. The van der Waals surface area contributed by atoms with Crippen LogP contribution in [0.1, 0.15) is 30.9 Å². The maximum absolute atomic E-state index is 9.42. The van der Waals surface area contributed by atoms with Crippen LogP contribution in [0.25, 0.3) is 0 Å². The largest absolute Gasteiger partial charge is 0.494 e. The van der Waals surface area contributed by atoms with Gasteiger partial charge >= 0.3 is 0 Å². The number of hydrogen-bond acceptors (Lipinski definition) is 4. The van der Waals surface area contributed by atoms with Gasteiger partial charge in [-0.1, -0.05) is 6.07 Å². The lowest BCUT2D eigenvalue weighted by Gasteiger charge is -2.29. The standard InChI is InChI=1S/C16H22N2O2/c1-2-20-16-6-5-13(8-15(16)12-19)10-18-7-3-4-14(9-17)11-18/h5-6,8,14,19H,2-4,7,10-12H2,1H3/t14-/m0/s1. The monoisotopic (exact) mass is 274 g/mol. The molecule has 1 aromatic rings. The molecule has 0 aromatic heterocycles. The van der Waals surface area contributed by atoms with Crippen molar-refractivity contribution in [3.05, 3.63) is 29.3 Å². The zero-order chi connectivity index (χ0) is 14.4. The van der Waals surface area contributed by atoms with Gasteiger partial charge in [0.15, 0.2) is 0 Å². The SMILES string of the molecule is CCOc1ccc(CN2CCC[C@@H](C#N)C2)cc1CO. The average molecular weight is 274 g/mol. The Hall–Kier alpha value is -1.57. The number of hydrogen-bond donors (Lipinski definition) is 1. The highest BCUT2D eigenvalue weighted by atomic mass is 16.5. The number of likely N-dealkylation sites (tertiary alicyclic amines) is 1. The summed E-state index contributed by atoms with van der Waals surface area (Å²) in [6, 6.07) is 8.34. The lowest BCUT2D eigenvalue weighted by atomic mass is 9.99. The van der Waals surface area contributed by atoms with Gasteiger partial charge in [0.25, 0.3) is 0 Å². The zero-order valence-electron chi connectivity index (χ0n) is 12.0. The van der Waals surface area contributed by atoms with Crippen LogP contribution in [0.15, 0.2) is 18.2 Å². The van der Waals surface area contributed by atoms with E-state index in [0.29, 0.717) is 6.61 Å². The number of benzene rings is 1. The molecule has 1 heterocycles. The summed E-state index contributed by atoms with van der Waals surface area (Å²) >= 11 is 0. The molecule has 0 bridgehead atoms. The van der Waals surface area contributed by atoms with Crippen molar-refractivity contribution in [2.45, 2.75) is 32.9 Å². The fraction of sp³-hybridized carbons (Fsp3) is 0.562. The zero-order valence-corrected chi connectivity index (χ0v) is 12.0. The van der Waals surface area contributed by atoms with Gasteiger partial charge in [0.05, 0.1) is 25.2 Å². The van der Waals surface area contributed by atoms with Crippen molar-refractivity contribution in [1.29, 1.82) is 5.26 Å². The van der Waals surface area contributed by atoms with E-state index in [4.69, 9.17) is 10.00 Å². The average Bonchev–Trinajstić information content (AvgIpc) is 2.49. The summed E-state index contributed by atoms with van der Waals surface area (Å²) in [5.74, 6) is 0.913. The summed E-state index contributed by atoms with van der Waals surface area (Å²) < 4.78 is 5.49. The Morgan fingerprint density at radius 2 is 2.35 bits per heavy atom. The number of aliphatic hydroxyl groups excluding tert-OH is 1. The van der Waals surface area contributed by atoms with Crippen LogP contribution in [0, 0.1) is 17.2 Å². The van der Waals surface area contributed by atoms with E-state index in [1.54, 1.807) is 0 Å². The lowest BCUT2D eigenvalue weighted by molar-refractivity contribution is 0.192. The Balaban J connectivity index is 2.04. The maximum Gasteiger partial charge on any atom is 0.124 e. The van der Waals surface area contributed by atoms with Crippen molar-refractivity contribution in [2.75, 3.05) is 19.7 Å². The predicted molar refractivity (Wildman–Crippen MR) is 77.1 cm³/mol. The highest BCUT2D eigenvalue weighted by Crippen LogP contribution is 2.23. The molecule has 4 heteroatoms. The molecule has 0 aliphatic carbocycles. The van der Waals surface area contributed by atoms with Crippen molar-refractivity contribution >= 4 is 0 Å². The van der Waals surface area contributed by atoms with Gasteiger partial charge in [0.2, 0.25) is 0 Å². The van der Waals surface area contributed by atoms with Crippen LogP contribution < -0.4 is 4.74 Å². The summed E-state index contributed by atoms with van der Waals surface area (Å²) in [6.07, 6.45) is 2.10. The number of rotatable bonds is 5. The van der Waals surface area contributed by atoms with Gasteiger partial charge in [-0.25, -0.2) is 0 Å². The molecule has 0 saturated carbocycles. The minimum atomic E-state index is -0.00993. The first-order valence-electron chi connectivity index (χ1n) is 7.24. The van der Waals surface area contributed by atoms with Gasteiger partial charge in [0, 0.05) is 18.7 Å². The van der Waals surface area contributed by atoms with Crippen molar-refractivity contribution < 1.29 is 9.84 Å². The van der Waals surface area contributed by atoms with E-state index in [1.165, 1.54) is 0 Å². The van der Waals surface area contributed by atoms with Crippen molar-refractivity contribution in [3.63, 3.8) is 0 Å². The summed E-state index contributed by atoms with van der Waals surface area (Å²) in [5.41, 5.74) is 1.99. The number of ether oxygens (including phenoxy) is 1. The predicted octanol–water partition coefficient (Wildman–Crippen LogP) is 2.31. The first-order chi connectivity index (χ1) is 9.76. The van der Waals surface area contributed by atoms with Crippen LogP contribution in [-0.4, -0.2) is 29.7 Å². The molecule has 1 aliphatic heterocycles. The highest BCUT2D eigenvalue weighted by Gasteiger charge is 2.19. The number of aliphatic hydroxyl groups is 1. The minimum absolute atomic E-state index is 0.00993. The van der Waals surface area contributed by atoms with E-state index >= 15 is 0 Å². The van der Waals surface area contributed by atoms with Crippen molar-refractivity contribution in [3.8, 4) is 11.8 Å². The molecule has 0 amide bonds. The Kier molecular flexibility index (Phi) is 5.40. The first kappa shape index (κ1) is 14.8. The summed E-state index contributed by atoms with van der Waals surface area (Å²) in [6.45, 7) is 5.24. The molecule has 1 saturated heterocycles. The Morgan fingerprint density at radius 1 is 1.50 bits per heavy atom. The van der Waals surface area contributed by atoms with Gasteiger partial charge in [-0.15, -0.1) is 0 Å². The lowest BCUT2D eigenvalue weighted by Crippen LogP contribution is -2.34. The third-order valence-corrected chi connectivity index (χ3v) is 3.69. The van der Waals surface area contributed by atoms with Gasteiger partial charge in [-0.3, -0.25) is 4.90 Å². The number of nitriles is 1. The van der Waals surface area contributed by atoms with Crippen LogP contribution in [0.4, 0.5) is 0 Å². The Morgan fingerprint density at radius 3 is 3.05 bits per heavy atom. The van der Waals surface area contributed by atoms with Crippen LogP contribution in [0.3, 0.4) is 0 Å². The third kappa shape index (κ3) is 3.72. The molecule has 1 aromatic carbocycles. The second kappa shape index (κ2) is 7.28. The molecule has 1 atom stereocenters. The van der Waals surface area contributed by atoms with Crippen LogP contribution in [0.2, 0.25) is 0 Å². The van der Waals surface area contributed by atoms with E-state index in [0.717, 1.165) is 49.4 Å². The molecule has 1 aliphatic rings. The quantitative estimate of drug-likeness (QED) is 0.895. The fourth-order valence-corrected chi connectivity index (χ4v) is 2.71. The summed E-state index contributed by atoms with van der Waals surface area (Å²) in [5, 5.41) is 18.4. The van der Waals surface area contributed by atoms with E-state index in [-0.39, 0.29) is 12.5 Å². The Labute approximate surface area is 120 Å². The highest BCUT2D eigenvalue weighted by molar-refractivity contribution is 5.37. The smallest absolute Gasteiger partial charge is 0.124 e. The summed E-state index contributed by atoms with van der Waals surface area (Å²) in [4.78, 5) is 2.31. The van der Waals surface area contributed by atoms with Crippen LogP contribution >= 0.6 is 0 Å². The molecular weight excluding hydrogens is 252 g/mol. The minimum Gasteiger partial charge on any atom is -0.494 e. The fourth-order valence-electron chi connectivity index (χ4n) is 2.71. The molecule has 0 unspecified atom stereocenters. The second-order valence-corrected chi connectivity index (χ2v) is 5.24. The maximum atomic E-state index is 9.42. The van der Waals surface area contributed by atoms with E-state index < -0.39 is 0 Å². The second-order valence-electron chi connectivity index (χ2n) is 5.24. The topological polar surface area (TPSA) is 56.5 Å². The molecule has 1 N–H and O–H groups in total. The van der Waals surface area contributed by atoms with E-state index in [9.17, 15) is 5.11 Å². The number of piperidine rings is 1.